The van der Waals surface area contributed by atoms with Crippen LogP contribution in [0, 0.1) is 12.8 Å². The molecule has 1 aliphatic carbocycles. The molecule has 0 radical (unpaired) electrons. The Morgan fingerprint density at radius 1 is 1.38 bits per heavy atom. The monoisotopic (exact) mass is 217 g/mol. The SMILES string of the molecule is CC(=O)[C@@H]1CC[C@H](C)c2ccc(C)nc2C1. The Hall–Kier alpha value is -1.18. The number of nitrogens with zero attached hydrogens (tertiary/aromatic N) is 1. The van der Waals surface area contributed by atoms with Crippen LogP contribution in [0.25, 0.3) is 0 Å². The number of rotatable bonds is 1. The number of aryl methyl sites for hydroxylation is 1. The zero-order valence-corrected chi connectivity index (χ0v) is 10.3. The quantitative estimate of drug-likeness (QED) is 0.677. The van der Waals surface area contributed by atoms with Crippen molar-refractivity contribution >= 4 is 5.78 Å². The summed E-state index contributed by atoms with van der Waals surface area (Å²) in [6, 6.07) is 4.26. The maximum Gasteiger partial charge on any atom is 0.133 e. The maximum absolute atomic E-state index is 11.5. The molecule has 0 spiro atoms. The molecule has 1 aromatic rings. The molecule has 2 atom stereocenters. The van der Waals surface area contributed by atoms with Crippen LogP contribution in [-0.4, -0.2) is 10.8 Å². The summed E-state index contributed by atoms with van der Waals surface area (Å²) in [7, 11) is 0. The lowest BCUT2D eigenvalue weighted by Gasteiger charge is -2.11. The van der Waals surface area contributed by atoms with E-state index in [0.717, 1.165) is 30.7 Å². The highest BCUT2D eigenvalue weighted by Gasteiger charge is 2.24. The van der Waals surface area contributed by atoms with Crippen molar-refractivity contribution in [2.24, 2.45) is 5.92 Å². The van der Waals surface area contributed by atoms with Crippen molar-refractivity contribution in [3.05, 3.63) is 29.1 Å². The van der Waals surface area contributed by atoms with Crippen LogP contribution in [-0.2, 0) is 11.2 Å². The van der Waals surface area contributed by atoms with E-state index < -0.39 is 0 Å². The molecule has 0 fully saturated rings. The van der Waals surface area contributed by atoms with Crippen LogP contribution in [0.3, 0.4) is 0 Å². The van der Waals surface area contributed by atoms with E-state index in [9.17, 15) is 4.79 Å². The van der Waals surface area contributed by atoms with Crippen molar-refractivity contribution in [1.82, 2.24) is 4.98 Å². The Morgan fingerprint density at radius 2 is 2.12 bits per heavy atom. The highest BCUT2D eigenvalue weighted by molar-refractivity contribution is 5.78. The third-order valence-electron chi connectivity index (χ3n) is 3.64. The van der Waals surface area contributed by atoms with Crippen molar-refractivity contribution < 1.29 is 4.79 Å². The zero-order valence-electron chi connectivity index (χ0n) is 10.3. The minimum atomic E-state index is 0.179. The predicted octanol–water partition coefficient (Wildman–Crippen LogP) is 3.04. The van der Waals surface area contributed by atoms with Crippen LogP contribution < -0.4 is 0 Å². The number of Topliss-reactive ketones (excluding diaryl/α,β-unsaturated/α-hetero) is 1. The van der Waals surface area contributed by atoms with E-state index in [2.05, 4.69) is 24.0 Å². The number of aromatic nitrogens is 1. The minimum Gasteiger partial charge on any atom is -0.300 e. The van der Waals surface area contributed by atoms with Gasteiger partial charge < -0.3 is 0 Å². The Labute approximate surface area is 97.1 Å². The average Bonchev–Trinajstić information content (AvgIpc) is 2.38. The lowest BCUT2D eigenvalue weighted by Crippen LogP contribution is -2.13. The van der Waals surface area contributed by atoms with Crippen LogP contribution in [0.15, 0.2) is 12.1 Å². The molecule has 0 saturated carbocycles. The fourth-order valence-corrected chi connectivity index (χ4v) is 2.52. The van der Waals surface area contributed by atoms with Gasteiger partial charge in [0.05, 0.1) is 0 Å². The zero-order chi connectivity index (χ0) is 11.7. The Morgan fingerprint density at radius 3 is 2.81 bits per heavy atom. The fraction of sp³-hybridized carbons (Fsp3) is 0.571. The molecule has 2 rings (SSSR count). The van der Waals surface area contributed by atoms with Crippen LogP contribution in [0.4, 0.5) is 0 Å². The average molecular weight is 217 g/mol. The van der Waals surface area contributed by atoms with Gasteiger partial charge in [-0.05, 0) is 50.7 Å². The summed E-state index contributed by atoms with van der Waals surface area (Å²) in [5.74, 6) is 1.02. The molecule has 1 aliphatic rings. The molecule has 86 valence electrons. The van der Waals surface area contributed by atoms with Crippen molar-refractivity contribution in [3.8, 4) is 0 Å². The van der Waals surface area contributed by atoms with Gasteiger partial charge in [0.25, 0.3) is 0 Å². The lowest BCUT2D eigenvalue weighted by molar-refractivity contribution is -0.120. The second-order valence-electron chi connectivity index (χ2n) is 4.98. The number of ketones is 1. The molecule has 0 aliphatic heterocycles. The molecule has 2 nitrogen and oxygen atoms in total. The van der Waals surface area contributed by atoms with Gasteiger partial charge in [-0.3, -0.25) is 9.78 Å². The molecular weight excluding hydrogens is 198 g/mol. The van der Waals surface area contributed by atoms with Crippen LogP contribution in [0.2, 0.25) is 0 Å². The first-order chi connectivity index (χ1) is 7.58. The van der Waals surface area contributed by atoms with E-state index >= 15 is 0 Å². The summed E-state index contributed by atoms with van der Waals surface area (Å²) in [6.07, 6.45) is 2.94. The number of carbonyl (C=O) groups excluding carboxylic acids is 1. The molecule has 0 saturated heterocycles. The third kappa shape index (κ3) is 2.16. The summed E-state index contributed by atoms with van der Waals surface area (Å²) >= 11 is 0. The highest BCUT2D eigenvalue weighted by atomic mass is 16.1. The van der Waals surface area contributed by atoms with Gasteiger partial charge in [-0.15, -0.1) is 0 Å². The van der Waals surface area contributed by atoms with Crippen molar-refractivity contribution in [2.45, 2.75) is 46.0 Å². The van der Waals surface area contributed by atoms with E-state index in [1.54, 1.807) is 6.92 Å². The van der Waals surface area contributed by atoms with E-state index in [1.807, 2.05) is 6.92 Å². The second-order valence-corrected chi connectivity index (χ2v) is 4.98. The van der Waals surface area contributed by atoms with Gasteiger partial charge in [-0.25, -0.2) is 0 Å². The number of carbonyl (C=O) groups is 1. The molecule has 0 N–H and O–H groups in total. The van der Waals surface area contributed by atoms with Gasteiger partial charge in [0, 0.05) is 17.3 Å². The number of hydrogen-bond donors (Lipinski definition) is 0. The van der Waals surface area contributed by atoms with Crippen molar-refractivity contribution in [3.63, 3.8) is 0 Å². The summed E-state index contributed by atoms with van der Waals surface area (Å²) in [5, 5.41) is 0. The smallest absolute Gasteiger partial charge is 0.133 e. The van der Waals surface area contributed by atoms with Gasteiger partial charge in [0.1, 0.15) is 5.78 Å². The molecule has 2 heteroatoms. The first-order valence-electron chi connectivity index (χ1n) is 6.05. The molecule has 0 bridgehead atoms. The van der Waals surface area contributed by atoms with E-state index in [4.69, 9.17) is 0 Å². The standard InChI is InChI=1S/C14H19NO/c1-9-4-6-12(11(3)16)8-14-13(9)7-5-10(2)15-14/h5,7,9,12H,4,6,8H2,1-3H3/t9-,12+/m0/s1. The highest BCUT2D eigenvalue weighted by Crippen LogP contribution is 2.32. The van der Waals surface area contributed by atoms with Crippen LogP contribution in [0.1, 0.15) is 49.6 Å². The maximum atomic E-state index is 11.5. The van der Waals surface area contributed by atoms with E-state index in [0.29, 0.717) is 11.7 Å². The summed E-state index contributed by atoms with van der Waals surface area (Å²) < 4.78 is 0. The normalized spacial score (nSPS) is 24.7. The van der Waals surface area contributed by atoms with Crippen molar-refractivity contribution in [2.75, 3.05) is 0 Å². The molecule has 1 aromatic heterocycles. The Balaban J connectivity index is 2.38. The van der Waals surface area contributed by atoms with Crippen LogP contribution in [0.5, 0.6) is 0 Å². The number of pyridine rings is 1. The molecule has 0 aromatic carbocycles. The van der Waals surface area contributed by atoms with Gasteiger partial charge in [-0.2, -0.15) is 0 Å². The minimum absolute atomic E-state index is 0.179. The van der Waals surface area contributed by atoms with E-state index in [1.165, 1.54) is 5.56 Å². The predicted molar refractivity (Wildman–Crippen MR) is 64.5 cm³/mol. The summed E-state index contributed by atoms with van der Waals surface area (Å²) in [4.78, 5) is 16.1. The first kappa shape index (κ1) is 11.3. The van der Waals surface area contributed by atoms with Gasteiger partial charge in [-0.1, -0.05) is 13.0 Å². The number of hydrogen-bond acceptors (Lipinski definition) is 2. The molecular formula is C14H19NO. The molecule has 0 amide bonds. The number of fused-ring (bicyclic) bond motifs is 1. The van der Waals surface area contributed by atoms with Crippen LogP contribution >= 0.6 is 0 Å². The topological polar surface area (TPSA) is 30.0 Å². The van der Waals surface area contributed by atoms with Gasteiger partial charge in [0.2, 0.25) is 0 Å². The largest absolute Gasteiger partial charge is 0.300 e. The molecule has 16 heavy (non-hydrogen) atoms. The lowest BCUT2D eigenvalue weighted by atomic mass is 9.95. The first-order valence-corrected chi connectivity index (χ1v) is 6.05. The molecule has 1 heterocycles. The summed E-state index contributed by atoms with van der Waals surface area (Å²) in [6.45, 7) is 5.95. The van der Waals surface area contributed by atoms with Gasteiger partial charge >= 0.3 is 0 Å². The second kappa shape index (κ2) is 4.36. The summed E-state index contributed by atoms with van der Waals surface area (Å²) in [5.41, 5.74) is 3.54. The third-order valence-corrected chi connectivity index (χ3v) is 3.64. The molecule has 0 unspecified atom stereocenters. The van der Waals surface area contributed by atoms with Crippen molar-refractivity contribution in [1.29, 1.82) is 0 Å². The van der Waals surface area contributed by atoms with E-state index in [-0.39, 0.29) is 5.92 Å². The Bertz CT molecular complexity index is 411. The van der Waals surface area contributed by atoms with Gasteiger partial charge in [0.15, 0.2) is 0 Å². The Kier molecular flexibility index (Phi) is 3.08. The fourth-order valence-electron chi connectivity index (χ4n) is 2.52.